The van der Waals surface area contributed by atoms with Gasteiger partial charge in [-0.3, -0.25) is 4.79 Å². The molecule has 0 amide bonds. The summed E-state index contributed by atoms with van der Waals surface area (Å²) < 4.78 is 0. The molecule has 0 aromatic carbocycles. The molecule has 13 heavy (non-hydrogen) atoms. The van der Waals surface area contributed by atoms with Crippen molar-refractivity contribution in [3.8, 4) is 0 Å². The van der Waals surface area contributed by atoms with Gasteiger partial charge in [0, 0.05) is 6.42 Å². The van der Waals surface area contributed by atoms with Gasteiger partial charge in [-0.25, -0.2) is 0 Å². The van der Waals surface area contributed by atoms with E-state index < -0.39 is 0 Å². The van der Waals surface area contributed by atoms with Crippen LogP contribution in [0.4, 0.5) is 0 Å². The topological polar surface area (TPSA) is 17.1 Å². The number of alkyl halides is 1. The summed E-state index contributed by atoms with van der Waals surface area (Å²) in [6, 6.07) is 0. The third kappa shape index (κ3) is 4.66. The highest BCUT2D eigenvalue weighted by molar-refractivity contribution is 6.27. The van der Waals surface area contributed by atoms with Crippen LogP contribution in [0, 0.1) is 5.92 Å². The zero-order chi connectivity index (χ0) is 9.52. The van der Waals surface area contributed by atoms with Gasteiger partial charge in [0.2, 0.25) is 0 Å². The van der Waals surface area contributed by atoms with Crippen LogP contribution in [0.1, 0.15) is 51.4 Å². The molecule has 1 nitrogen and oxygen atoms in total. The monoisotopic (exact) mass is 202 g/mol. The second-order valence-corrected chi connectivity index (χ2v) is 4.34. The number of ketones is 1. The van der Waals surface area contributed by atoms with E-state index in [4.69, 9.17) is 11.6 Å². The van der Waals surface area contributed by atoms with E-state index in [0.717, 1.165) is 12.3 Å². The maximum Gasteiger partial charge on any atom is 0.147 e. The smallest absolute Gasteiger partial charge is 0.147 e. The van der Waals surface area contributed by atoms with Gasteiger partial charge in [0.1, 0.15) is 5.78 Å². The second kappa shape index (κ2) is 6.42. The number of Topliss-reactive ketones (excluding diaryl/α,β-unsaturated/α-hetero) is 1. The Morgan fingerprint density at radius 3 is 2.54 bits per heavy atom. The van der Waals surface area contributed by atoms with E-state index in [-0.39, 0.29) is 11.7 Å². The Hall–Kier alpha value is -0.0400. The zero-order valence-corrected chi connectivity index (χ0v) is 8.98. The molecule has 0 heterocycles. The minimum Gasteiger partial charge on any atom is -0.298 e. The van der Waals surface area contributed by atoms with E-state index in [1.165, 1.54) is 38.5 Å². The lowest BCUT2D eigenvalue weighted by Gasteiger charge is -2.20. The number of carbonyl (C=O) groups is 1. The van der Waals surface area contributed by atoms with E-state index >= 15 is 0 Å². The van der Waals surface area contributed by atoms with E-state index in [1.54, 1.807) is 0 Å². The van der Waals surface area contributed by atoms with Crippen molar-refractivity contribution < 1.29 is 4.79 Å². The van der Waals surface area contributed by atoms with Gasteiger partial charge in [0.25, 0.3) is 0 Å². The normalized spacial score (nSPS) is 18.8. The molecule has 2 heteroatoms. The Balaban J connectivity index is 2.01. The molecule has 0 spiro atoms. The molecule has 76 valence electrons. The number of hydrogen-bond acceptors (Lipinski definition) is 1. The van der Waals surface area contributed by atoms with Gasteiger partial charge in [0.15, 0.2) is 0 Å². The van der Waals surface area contributed by atoms with Crippen LogP contribution in [0.2, 0.25) is 0 Å². The van der Waals surface area contributed by atoms with Crippen LogP contribution >= 0.6 is 11.6 Å². The zero-order valence-electron chi connectivity index (χ0n) is 8.23. The van der Waals surface area contributed by atoms with Gasteiger partial charge >= 0.3 is 0 Å². The van der Waals surface area contributed by atoms with Gasteiger partial charge in [-0.15, -0.1) is 11.6 Å². The van der Waals surface area contributed by atoms with Crippen LogP contribution < -0.4 is 0 Å². The van der Waals surface area contributed by atoms with E-state index in [9.17, 15) is 4.79 Å². The third-order valence-electron chi connectivity index (χ3n) is 2.94. The highest BCUT2D eigenvalue weighted by Crippen LogP contribution is 2.27. The molecule has 0 N–H and O–H groups in total. The fourth-order valence-corrected chi connectivity index (χ4v) is 2.26. The van der Waals surface area contributed by atoms with Crippen molar-refractivity contribution in [1.29, 1.82) is 0 Å². The molecule has 0 saturated heterocycles. The Morgan fingerprint density at radius 1 is 1.23 bits per heavy atom. The minimum absolute atomic E-state index is 0.199. The standard InChI is InChI=1S/C11H19ClO/c12-9-11(13)8-4-7-10-5-2-1-3-6-10/h10H,1-9H2. The Bertz CT molecular complexity index is 150. The number of halogens is 1. The first-order chi connectivity index (χ1) is 6.33. The highest BCUT2D eigenvalue weighted by Gasteiger charge is 2.13. The molecule has 0 aromatic rings. The Labute approximate surface area is 85.8 Å². The summed E-state index contributed by atoms with van der Waals surface area (Å²) in [7, 11) is 0. The van der Waals surface area contributed by atoms with E-state index in [1.807, 2.05) is 0 Å². The number of rotatable bonds is 5. The summed E-state index contributed by atoms with van der Waals surface area (Å²) in [6.07, 6.45) is 9.96. The molecule has 1 aliphatic carbocycles. The second-order valence-electron chi connectivity index (χ2n) is 4.07. The molecule has 0 unspecified atom stereocenters. The lowest BCUT2D eigenvalue weighted by molar-refractivity contribution is -0.116. The van der Waals surface area contributed by atoms with Crippen molar-refractivity contribution in [1.82, 2.24) is 0 Å². The first-order valence-electron chi connectivity index (χ1n) is 5.40. The van der Waals surface area contributed by atoms with E-state index in [2.05, 4.69) is 0 Å². The summed E-state index contributed by atoms with van der Waals surface area (Å²) in [5, 5.41) is 0. The molecule has 1 saturated carbocycles. The number of carbonyl (C=O) groups excluding carboxylic acids is 1. The fraction of sp³-hybridized carbons (Fsp3) is 0.909. The maximum atomic E-state index is 10.9. The lowest BCUT2D eigenvalue weighted by Crippen LogP contribution is -2.07. The molecule has 0 aromatic heterocycles. The van der Waals surface area contributed by atoms with Crippen LogP contribution in [-0.4, -0.2) is 11.7 Å². The minimum atomic E-state index is 0.199. The van der Waals surface area contributed by atoms with Crippen LogP contribution in [0.5, 0.6) is 0 Å². The van der Waals surface area contributed by atoms with Crippen LogP contribution in [0.25, 0.3) is 0 Å². The SMILES string of the molecule is O=C(CCl)CCCC1CCCCC1. The lowest BCUT2D eigenvalue weighted by atomic mass is 9.85. The van der Waals surface area contributed by atoms with Crippen molar-refractivity contribution in [3.63, 3.8) is 0 Å². The molecule has 0 bridgehead atoms. The predicted molar refractivity (Wildman–Crippen MR) is 56.2 cm³/mol. The van der Waals surface area contributed by atoms with Gasteiger partial charge in [0.05, 0.1) is 5.88 Å². The van der Waals surface area contributed by atoms with E-state index in [0.29, 0.717) is 6.42 Å². The van der Waals surface area contributed by atoms with Crippen molar-refractivity contribution in [2.45, 2.75) is 51.4 Å². The van der Waals surface area contributed by atoms with Gasteiger partial charge in [-0.1, -0.05) is 38.5 Å². The summed E-state index contributed by atoms with van der Waals surface area (Å²) in [5.41, 5.74) is 0. The van der Waals surface area contributed by atoms with Crippen molar-refractivity contribution in [3.05, 3.63) is 0 Å². The first kappa shape index (κ1) is 11.0. The largest absolute Gasteiger partial charge is 0.298 e. The first-order valence-corrected chi connectivity index (χ1v) is 5.94. The summed E-state index contributed by atoms with van der Waals surface area (Å²) in [6.45, 7) is 0. The highest BCUT2D eigenvalue weighted by atomic mass is 35.5. The average molecular weight is 203 g/mol. The predicted octanol–water partition coefficient (Wildman–Crippen LogP) is 3.54. The summed E-state index contributed by atoms with van der Waals surface area (Å²) in [5.74, 6) is 1.30. The summed E-state index contributed by atoms with van der Waals surface area (Å²) >= 11 is 5.42. The number of hydrogen-bond donors (Lipinski definition) is 0. The summed E-state index contributed by atoms with van der Waals surface area (Å²) in [4.78, 5) is 10.9. The van der Waals surface area contributed by atoms with Crippen LogP contribution in [0.3, 0.4) is 0 Å². The molecule has 1 fully saturated rings. The molecule has 0 aliphatic heterocycles. The van der Waals surface area contributed by atoms with Crippen molar-refractivity contribution >= 4 is 17.4 Å². The maximum absolute atomic E-state index is 10.9. The molecule has 0 radical (unpaired) electrons. The van der Waals surface area contributed by atoms with Crippen LogP contribution in [-0.2, 0) is 4.79 Å². The average Bonchev–Trinajstić information content (AvgIpc) is 2.19. The van der Waals surface area contributed by atoms with Crippen molar-refractivity contribution in [2.24, 2.45) is 5.92 Å². The molecule has 0 atom stereocenters. The molecular formula is C11H19ClO. The molecular weight excluding hydrogens is 184 g/mol. The Morgan fingerprint density at radius 2 is 1.92 bits per heavy atom. The third-order valence-corrected chi connectivity index (χ3v) is 3.24. The van der Waals surface area contributed by atoms with Gasteiger partial charge in [-0.2, -0.15) is 0 Å². The fourth-order valence-electron chi connectivity index (χ4n) is 2.13. The van der Waals surface area contributed by atoms with Gasteiger partial charge < -0.3 is 0 Å². The quantitative estimate of drug-likeness (QED) is 0.624. The van der Waals surface area contributed by atoms with Gasteiger partial charge in [-0.05, 0) is 12.3 Å². The Kier molecular flexibility index (Phi) is 5.45. The van der Waals surface area contributed by atoms with Crippen molar-refractivity contribution in [2.75, 3.05) is 5.88 Å². The molecule has 1 rings (SSSR count). The molecule has 1 aliphatic rings. The van der Waals surface area contributed by atoms with Crippen LogP contribution in [0.15, 0.2) is 0 Å².